The van der Waals surface area contributed by atoms with E-state index in [1.54, 1.807) is 24.1 Å². The molecule has 7 nitrogen and oxygen atoms in total. The number of aryl methyl sites for hydroxylation is 2. The highest BCUT2D eigenvalue weighted by Gasteiger charge is 2.30. The Balaban J connectivity index is 1.86. The molecule has 0 saturated carbocycles. The van der Waals surface area contributed by atoms with Gasteiger partial charge in [0, 0.05) is 38.0 Å². The molecule has 0 unspecified atom stereocenters. The van der Waals surface area contributed by atoms with Crippen LogP contribution < -0.4 is 9.62 Å². The van der Waals surface area contributed by atoms with E-state index in [0.717, 1.165) is 22.3 Å². The maximum absolute atomic E-state index is 13.7. The van der Waals surface area contributed by atoms with Gasteiger partial charge in [-0.25, -0.2) is 8.42 Å². The van der Waals surface area contributed by atoms with E-state index in [1.165, 1.54) is 10.6 Å². The molecule has 0 radical (unpaired) electrons. The second-order valence-electron chi connectivity index (χ2n) is 9.70. The van der Waals surface area contributed by atoms with Crippen molar-refractivity contribution in [3.63, 3.8) is 0 Å². The first-order valence-corrected chi connectivity index (χ1v) is 15.1. The Labute approximate surface area is 236 Å². The molecule has 3 aromatic rings. The molecular formula is C30H36ClN3O4S. The maximum atomic E-state index is 13.7. The first-order chi connectivity index (χ1) is 18.5. The lowest BCUT2D eigenvalue weighted by molar-refractivity contribution is -0.141. The molecule has 0 aromatic heterocycles. The number of hydrogen-bond donors (Lipinski definition) is 1. The lowest BCUT2D eigenvalue weighted by Crippen LogP contribution is -2.49. The number of likely N-dealkylation sites (N-methyl/N-ethyl adjacent to an activating group) is 1. The average molecular weight is 570 g/mol. The van der Waals surface area contributed by atoms with Crippen molar-refractivity contribution in [2.24, 2.45) is 0 Å². The normalized spacial score (nSPS) is 12.0. The largest absolute Gasteiger partial charge is 0.357 e. The Kier molecular flexibility index (Phi) is 10.5. The maximum Gasteiger partial charge on any atom is 0.242 e. The van der Waals surface area contributed by atoms with Crippen molar-refractivity contribution in [2.75, 3.05) is 24.2 Å². The van der Waals surface area contributed by atoms with Crippen molar-refractivity contribution in [1.29, 1.82) is 0 Å². The Morgan fingerprint density at radius 1 is 0.949 bits per heavy atom. The minimum atomic E-state index is -3.57. The van der Waals surface area contributed by atoms with Crippen LogP contribution in [0.25, 0.3) is 0 Å². The van der Waals surface area contributed by atoms with E-state index < -0.39 is 16.1 Å². The van der Waals surface area contributed by atoms with Crippen molar-refractivity contribution in [1.82, 2.24) is 10.2 Å². The third kappa shape index (κ3) is 8.57. The Morgan fingerprint density at radius 3 is 2.23 bits per heavy atom. The molecule has 1 atom stereocenters. The van der Waals surface area contributed by atoms with Crippen molar-refractivity contribution in [3.05, 3.63) is 100 Å². The number of rotatable bonds is 12. The van der Waals surface area contributed by atoms with Crippen LogP contribution in [0.2, 0.25) is 5.02 Å². The third-order valence-corrected chi connectivity index (χ3v) is 8.00. The molecule has 0 spiro atoms. The fourth-order valence-electron chi connectivity index (χ4n) is 4.48. The van der Waals surface area contributed by atoms with Gasteiger partial charge in [0.2, 0.25) is 21.8 Å². The van der Waals surface area contributed by atoms with Gasteiger partial charge in [0.1, 0.15) is 6.04 Å². The van der Waals surface area contributed by atoms with Gasteiger partial charge < -0.3 is 10.2 Å². The van der Waals surface area contributed by atoms with E-state index in [0.29, 0.717) is 23.6 Å². The number of hydrogen-bond acceptors (Lipinski definition) is 4. The van der Waals surface area contributed by atoms with Crippen LogP contribution in [0.3, 0.4) is 0 Å². The molecule has 0 fully saturated rings. The summed E-state index contributed by atoms with van der Waals surface area (Å²) in [7, 11) is -2.02. The minimum Gasteiger partial charge on any atom is -0.357 e. The van der Waals surface area contributed by atoms with Gasteiger partial charge in [-0.1, -0.05) is 66.2 Å². The third-order valence-electron chi connectivity index (χ3n) is 6.57. The molecule has 0 aliphatic heterocycles. The molecule has 39 heavy (non-hydrogen) atoms. The molecule has 0 saturated heterocycles. The number of amides is 2. The SMILES string of the molecule is CNC(=O)[C@@H](Cc1ccccc1)N(Cc1ccc(Cl)cc1)C(=O)CCCN(c1cc(C)ccc1C)S(C)(=O)=O. The van der Waals surface area contributed by atoms with Crippen LogP contribution in [0.5, 0.6) is 0 Å². The Bertz CT molecular complexity index is 1380. The van der Waals surface area contributed by atoms with E-state index in [9.17, 15) is 18.0 Å². The van der Waals surface area contributed by atoms with Crippen LogP contribution in [0.15, 0.2) is 72.8 Å². The predicted molar refractivity (Wildman–Crippen MR) is 157 cm³/mol. The molecule has 0 aliphatic carbocycles. The first kappa shape index (κ1) is 30.2. The summed E-state index contributed by atoms with van der Waals surface area (Å²) in [6.07, 6.45) is 1.89. The smallest absolute Gasteiger partial charge is 0.242 e. The summed E-state index contributed by atoms with van der Waals surface area (Å²) in [5, 5.41) is 3.28. The van der Waals surface area contributed by atoms with Crippen molar-refractivity contribution < 1.29 is 18.0 Å². The number of halogens is 1. The quantitative estimate of drug-likeness (QED) is 0.336. The topological polar surface area (TPSA) is 86.8 Å². The average Bonchev–Trinajstić information content (AvgIpc) is 2.90. The summed E-state index contributed by atoms with van der Waals surface area (Å²) in [6.45, 7) is 4.14. The summed E-state index contributed by atoms with van der Waals surface area (Å²) in [5.41, 5.74) is 4.16. The van der Waals surface area contributed by atoms with Gasteiger partial charge in [-0.15, -0.1) is 0 Å². The molecule has 0 bridgehead atoms. The van der Waals surface area contributed by atoms with Gasteiger partial charge in [-0.05, 0) is 60.7 Å². The standard InChI is InChI=1S/C30H36ClN3O4S/c1-22-12-13-23(2)27(19-22)34(39(4,37)38)18-8-11-29(35)33(21-25-14-16-26(31)17-15-25)28(30(36)32-3)20-24-9-6-5-7-10-24/h5-7,9-10,12-17,19,28H,8,11,18,20-21H2,1-4H3,(H,32,36)/t28-/m1/s1. The zero-order valence-corrected chi connectivity index (χ0v) is 24.4. The summed E-state index contributed by atoms with van der Waals surface area (Å²) in [4.78, 5) is 28.3. The Hall–Kier alpha value is -3.36. The predicted octanol–water partition coefficient (Wildman–Crippen LogP) is 4.89. The zero-order valence-electron chi connectivity index (χ0n) is 22.9. The number of carbonyl (C=O) groups excluding carboxylic acids is 2. The number of anilines is 1. The van der Waals surface area contributed by atoms with Gasteiger partial charge in [-0.2, -0.15) is 0 Å². The summed E-state index contributed by atoms with van der Waals surface area (Å²) in [6, 6.07) is 21.6. The number of nitrogens with one attached hydrogen (secondary N) is 1. The highest BCUT2D eigenvalue weighted by molar-refractivity contribution is 7.92. The van der Waals surface area contributed by atoms with E-state index in [2.05, 4.69) is 5.32 Å². The fraction of sp³-hybridized carbons (Fsp3) is 0.333. The molecular weight excluding hydrogens is 534 g/mol. The van der Waals surface area contributed by atoms with Crippen LogP contribution in [-0.2, 0) is 32.6 Å². The molecule has 0 aliphatic rings. The van der Waals surface area contributed by atoms with Gasteiger partial charge in [0.15, 0.2) is 0 Å². The highest BCUT2D eigenvalue weighted by Crippen LogP contribution is 2.25. The molecule has 208 valence electrons. The second kappa shape index (κ2) is 13.6. The first-order valence-electron chi connectivity index (χ1n) is 12.8. The summed E-state index contributed by atoms with van der Waals surface area (Å²) in [5.74, 6) is -0.502. The van der Waals surface area contributed by atoms with Crippen LogP contribution in [0, 0.1) is 13.8 Å². The molecule has 9 heteroatoms. The molecule has 3 aromatic carbocycles. The van der Waals surface area contributed by atoms with Gasteiger partial charge >= 0.3 is 0 Å². The number of carbonyl (C=O) groups is 2. The van der Waals surface area contributed by atoms with E-state index in [4.69, 9.17) is 11.6 Å². The number of sulfonamides is 1. The van der Waals surface area contributed by atoms with Crippen LogP contribution >= 0.6 is 11.6 Å². The lowest BCUT2D eigenvalue weighted by Gasteiger charge is -2.31. The summed E-state index contributed by atoms with van der Waals surface area (Å²) < 4.78 is 26.7. The molecule has 2 amide bonds. The highest BCUT2D eigenvalue weighted by atomic mass is 35.5. The van der Waals surface area contributed by atoms with Gasteiger partial charge in [-0.3, -0.25) is 13.9 Å². The monoisotopic (exact) mass is 569 g/mol. The van der Waals surface area contributed by atoms with E-state index in [1.807, 2.05) is 74.5 Å². The number of benzene rings is 3. The molecule has 1 N–H and O–H groups in total. The molecule has 0 heterocycles. The van der Waals surface area contributed by atoms with Crippen LogP contribution in [0.4, 0.5) is 5.69 Å². The van der Waals surface area contributed by atoms with E-state index >= 15 is 0 Å². The number of nitrogens with zero attached hydrogens (tertiary/aromatic N) is 2. The van der Waals surface area contributed by atoms with E-state index in [-0.39, 0.29) is 31.3 Å². The van der Waals surface area contributed by atoms with Gasteiger partial charge in [0.05, 0.1) is 11.9 Å². The molecule has 3 rings (SSSR count). The second-order valence-corrected chi connectivity index (χ2v) is 12.0. The fourth-order valence-corrected chi connectivity index (χ4v) is 5.62. The van der Waals surface area contributed by atoms with Crippen LogP contribution in [-0.4, -0.2) is 51.0 Å². The summed E-state index contributed by atoms with van der Waals surface area (Å²) >= 11 is 6.06. The lowest BCUT2D eigenvalue weighted by atomic mass is 10.0. The van der Waals surface area contributed by atoms with Crippen LogP contribution in [0.1, 0.15) is 35.1 Å². The van der Waals surface area contributed by atoms with Crippen molar-refractivity contribution in [3.8, 4) is 0 Å². The minimum absolute atomic E-state index is 0.0761. The van der Waals surface area contributed by atoms with Crippen molar-refractivity contribution in [2.45, 2.75) is 45.7 Å². The van der Waals surface area contributed by atoms with Gasteiger partial charge in [0.25, 0.3) is 0 Å². The Morgan fingerprint density at radius 2 is 1.62 bits per heavy atom. The zero-order chi connectivity index (χ0) is 28.6. The van der Waals surface area contributed by atoms with Crippen molar-refractivity contribution >= 4 is 39.1 Å².